The standard InChI is InChI=1S/C19H14Cl2N2O2S/c20-14-15(21)17(24)12(10-3-1-9(2-4-10)5-7-22)13-11-6-8-26-18(11)19(25)23-16(13)14/h1-4,6,8,24H,5,7,22H2,(H,23,25). The van der Waals surface area contributed by atoms with Crippen LogP contribution in [0.15, 0.2) is 40.5 Å². The van der Waals surface area contributed by atoms with Gasteiger partial charge in [-0.25, -0.2) is 0 Å². The Balaban J connectivity index is 2.14. The van der Waals surface area contributed by atoms with E-state index in [0.29, 0.717) is 27.7 Å². The number of phenols is 1. The number of aromatic amines is 1. The molecule has 0 saturated heterocycles. The molecule has 0 fully saturated rings. The highest BCUT2D eigenvalue weighted by Crippen LogP contribution is 2.47. The van der Waals surface area contributed by atoms with E-state index >= 15 is 0 Å². The van der Waals surface area contributed by atoms with Crippen molar-refractivity contribution < 1.29 is 5.11 Å². The second-order valence-corrected chi connectivity index (χ2v) is 7.63. The molecule has 2 aromatic heterocycles. The molecule has 0 radical (unpaired) electrons. The maximum Gasteiger partial charge on any atom is 0.266 e. The summed E-state index contributed by atoms with van der Waals surface area (Å²) in [5, 5.41) is 14.2. The van der Waals surface area contributed by atoms with Gasteiger partial charge in [0.15, 0.2) is 0 Å². The van der Waals surface area contributed by atoms with Crippen molar-refractivity contribution in [3.05, 3.63) is 61.7 Å². The fourth-order valence-corrected chi connectivity index (χ4v) is 4.42. The van der Waals surface area contributed by atoms with Gasteiger partial charge in [0.1, 0.15) is 15.5 Å². The maximum atomic E-state index is 12.3. The van der Waals surface area contributed by atoms with Crippen molar-refractivity contribution in [3.63, 3.8) is 0 Å². The first-order valence-corrected chi connectivity index (χ1v) is 9.59. The van der Waals surface area contributed by atoms with Crippen molar-refractivity contribution in [2.45, 2.75) is 6.42 Å². The molecule has 0 aliphatic rings. The van der Waals surface area contributed by atoms with E-state index in [2.05, 4.69) is 4.98 Å². The van der Waals surface area contributed by atoms with Crippen LogP contribution in [0.1, 0.15) is 5.56 Å². The van der Waals surface area contributed by atoms with Crippen LogP contribution in [0.4, 0.5) is 0 Å². The van der Waals surface area contributed by atoms with E-state index in [-0.39, 0.29) is 21.4 Å². The van der Waals surface area contributed by atoms with Crippen molar-refractivity contribution >= 4 is 55.5 Å². The molecule has 26 heavy (non-hydrogen) atoms. The molecule has 132 valence electrons. The number of H-pyrrole nitrogens is 1. The highest BCUT2D eigenvalue weighted by atomic mass is 35.5. The number of pyridine rings is 1. The fraction of sp³-hybridized carbons (Fsp3) is 0.105. The minimum absolute atomic E-state index is 0.0189. The Bertz CT molecular complexity index is 1200. The molecule has 2 aromatic carbocycles. The molecule has 7 heteroatoms. The van der Waals surface area contributed by atoms with Crippen molar-refractivity contribution in [2.75, 3.05) is 6.54 Å². The van der Waals surface area contributed by atoms with Gasteiger partial charge in [0.05, 0.1) is 10.5 Å². The van der Waals surface area contributed by atoms with Gasteiger partial charge in [-0.05, 0) is 35.5 Å². The van der Waals surface area contributed by atoms with Crippen LogP contribution in [0, 0.1) is 0 Å². The lowest BCUT2D eigenvalue weighted by Gasteiger charge is -2.14. The molecular formula is C19H14Cl2N2O2S. The molecule has 0 saturated carbocycles. The largest absolute Gasteiger partial charge is 0.506 e. The molecule has 4 aromatic rings. The number of aromatic nitrogens is 1. The van der Waals surface area contributed by atoms with Crippen LogP contribution in [0.3, 0.4) is 0 Å². The summed E-state index contributed by atoms with van der Waals surface area (Å²) in [7, 11) is 0. The van der Waals surface area contributed by atoms with E-state index in [0.717, 1.165) is 22.9 Å². The van der Waals surface area contributed by atoms with Gasteiger partial charge >= 0.3 is 0 Å². The van der Waals surface area contributed by atoms with Gasteiger partial charge in [0.2, 0.25) is 0 Å². The third-order valence-electron chi connectivity index (χ3n) is 4.41. The summed E-state index contributed by atoms with van der Waals surface area (Å²) >= 11 is 13.9. The molecule has 2 heterocycles. The Morgan fingerprint density at radius 2 is 1.85 bits per heavy atom. The fourth-order valence-electron chi connectivity index (χ4n) is 3.20. The molecule has 0 bridgehead atoms. The van der Waals surface area contributed by atoms with E-state index in [4.69, 9.17) is 28.9 Å². The summed E-state index contributed by atoms with van der Waals surface area (Å²) in [6.45, 7) is 0.567. The molecular weight excluding hydrogens is 391 g/mol. The Morgan fingerprint density at radius 1 is 1.12 bits per heavy atom. The van der Waals surface area contributed by atoms with Crippen LogP contribution in [-0.4, -0.2) is 16.6 Å². The molecule has 0 aliphatic carbocycles. The van der Waals surface area contributed by atoms with E-state index < -0.39 is 0 Å². The molecule has 0 aliphatic heterocycles. The molecule has 0 spiro atoms. The zero-order chi connectivity index (χ0) is 18.4. The number of rotatable bonds is 3. The number of nitrogens with one attached hydrogen (secondary N) is 1. The number of thiophene rings is 1. The highest BCUT2D eigenvalue weighted by Gasteiger charge is 2.22. The monoisotopic (exact) mass is 404 g/mol. The topological polar surface area (TPSA) is 79.1 Å². The number of aromatic hydroxyl groups is 1. The van der Waals surface area contributed by atoms with E-state index in [1.54, 1.807) is 0 Å². The quantitative estimate of drug-likeness (QED) is 0.453. The van der Waals surface area contributed by atoms with Gasteiger partial charge in [-0.2, -0.15) is 0 Å². The third-order valence-corrected chi connectivity index (χ3v) is 6.17. The number of halogens is 2. The zero-order valence-electron chi connectivity index (χ0n) is 13.5. The number of phenolic OH excluding ortho intramolecular Hbond substituents is 1. The summed E-state index contributed by atoms with van der Waals surface area (Å²) in [4.78, 5) is 15.2. The Labute approximate surface area is 162 Å². The minimum atomic E-state index is -0.226. The summed E-state index contributed by atoms with van der Waals surface area (Å²) in [6.07, 6.45) is 0.774. The van der Waals surface area contributed by atoms with Crippen molar-refractivity contribution in [1.82, 2.24) is 4.98 Å². The predicted octanol–water partition coefficient (Wildman–Crippen LogP) is 4.92. The Morgan fingerprint density at radius 3 is 2.54 bits per heavy atom. The van der Waals surface area contributed by atoms with Crippen molar-refractivity contribution in [1.29, 1.82) is 0 Å². The number of nitrogens with two attached hydrogens (primary N) is 1. The lowest BCUT2D eigenvalue weighted by atomic mass is 9.96. The maximum absolute atomic E-state index is 12.3. The van der Waals surface area contributed by atoms with Crippen LogP contribution in [-0.2, 0) is 6.42 Å². The van der Waals surface area contributed by atoms with Crippen LogP contribution in [0.25, 0.3) is 32.1 Å². The molecule has 0 unspecified atom stereocenters. The summed E-state index contributed by atoms with van der Waals surface area (Å²) in [5.74, 6) is -0.102. The van der Waals surface area contributed by atoms with Crippen LogP contribution in [0.5, 0.6) is 5.75 Å². The normalized spacial score (nSPS) is 11.5. The molecule has 4 rings (SSSR count). The molecule has 4 nitrogen and oxygen atoms in total. The van der Waals surface area contributed by atoms with Crippen molar-refractivity contribution in [3.8, 4) is 16.9 Å². The van der Waals surface area contributed by atoms with E-state index in [1.807, 2.05) is 35.7 Å². The number of fused-ring (bicyclic) bond motifs is 3. The average Bonchev–Trinajstić information content (AvgIpc) is 3.13. The highest BCUT2D eigenvalue weighted by molar-refractivity contribution is 7.17. The van der Waals surface area contributed by atoms with Crippen LogP contribution in [0.2, 0.25) is 10.0 Å². The van der Waals surface area contributed by atoms with Gasteiger partial charge < -0.3 is 15.8 Å². The zero-order valence-corrected chi connectivity index (χ0v) is 15.8. The first kappa shape index (κ1) is 17.4. The summed E-state index contributed by atoms with van der Waals surface area (Å²) < 4.78 is 0.580. The average molecular weight is 405 g/mol. The number of hydrogen-bond acceptors (Lipinski definition) is 4. The second kappa shape index (κ2) is 6.59. The van der Waals surface area contributed by atoms with Crippen LogP contribution < -0.4 is 11.3 Å². The minimum Gasteiger partial charge on any atom is -0.506 e. The van der Waals surface area contributed by atoms with Gasteiger partial charge in [-0.1, -0.05) is 47.5 Å². The smallest absolute Gasteiger partial charge is 0.266 e. The second-order valence-electron chi connectivity index (χ2n) is 5.95. The third kappa shape index (κ3) is 2.59. The van der Waals surface area contributed by atoms with Gasteiger partial charge in [-0.3, -0.25) is 4.79 Å². The number of benzene rings is 2. The van der Waals surface area contributed by atoms with E-state index in [9.17, 15) is 9.90 Å². The lowest BCUT2D eigenvalue weighted by molar-refractivity contribution is 0.478. The number of hydrogen-bond donors (Lipinski definition) is 3. The summed E-state index contributed by atoms with van der Waals surface area (Å²) in [5.41, 5.74) is 8.24. The molecule has 0 amide bonds. The lowest BCUT2D eigenvalue weighted by Crippen LogP contribution is -2.05. The van der Waals surface area contributed by atoms with Gasteiger partial charge in [-0.15, -0.1) is 11.3 Å². The first-order chi connectivity index (χ1) is 12.5. The van der Waals surface area contributed by atoms with Gasteiger partial charge in [0.25, 0.3) is 5.56 Å². The summed E-state index contributed by atoms with van der Waals surface area (Å²) in [6, 6.07) is 9.60. The Hall–Kier alpha value is -2.05. The van der Waals surface area contributed by atoms with Gasteiger partial charge in [0, 0.05) is 16.3 Å². The van der Waals surface area contributed by atoms with Crippen LogP contribution >= 0.6 is 34.5 Å². The Kier molecular flexibility index (Phi) is 4.40. The predicted molar refractivity (Wildman–Crippen MR) is 110 cm³/mol. The molecule has 4 N–H and O–H groups in total. The molecule has 0 atom stereocenters. The SMILES string of the molecule is NCCc1ccc(-c2c(O)c(Cl)c(Cl)c3[nH]c(=O)c4sccc4c23)cc1. The van der Waals surface area contributed by atoms with Crippen molar-refractivity contribution in [2.24, 2.45) is 5.73 Å². The first-order valence-electron chi connectivity index (χ1n) is 7.95. The van der Waals surface area contributed by atoms with E-state index in [1.165, 1.54) is 11.3 Å².